The highest BCUT2D eigenvalue weighted by Gasteiger charge is 2.19. The van der Waals surface area contributed by atoms with Crippen LogP contribution in [0.15, 0.2) is 35.3 Å². The lowest BCUT2D eigenvalue weighted by Gasteiger charge is -2.24. The number of nitrogen functional groups attached to an aromatic ring is 1. The maximum Gasteiger partial charge on any atom is 0.259 e. The van der Waals surface area contributed by atoms with Gasteiger partial charge in [-0.15, -0.1) is 0 Å². The Kier molecular flexibility index (Phi) is 5.84. The second-order valence-corrected chi connectivity index (χ2v) is 7.58. The second-order valence-electron chi connectivity index (χ2n) is 6.82. The zero-order valence-corrected chi connectivity index (χ0v) is 18.1. The van der Waals surface area contributed by atoms with E-state index < -0.39 is 0 Å². The Hall–Kier alpha value is -2.67. The fraction of sp³-hybridized carbons (Fsp3) is 0.300. The number of nitrogens with two attached hydrogens (primary N) is 1. The van der Waals surface area contributed by atoms with Crippen LogP contribution in [0, 0.1) is 11.3 Å². The summed E-state index contributed by atoms with van der Waals surface area (Å²) in [4.78, 5) is 21.3. The first kappa shape index (κ1) is 20.1. The zero-order chi connectivity index (χ0) is 20.4. The highest BCUT2D eigenvalue weighted by Crippen LogP contribution is 2.26. The Labute approximate surface area is 176 Å². The van der Waals surface area contributed by atoms with Gasteiger partial charge < -0.3 is 15.6 Å². The van der Waals surface area contributed by atoms with Crippen molar-refractivity contribution >= 4 is 45.1 Å². The van der Waals surface area contributed by atoms with Crippen molar-refractivity contribution in [3.8, 4) is 6.07 Å². The Morgan fingerprint density at radius 2 is 2.11 bits per heavy atom. The first-order chi connectivity index (χ1) is 13.4. The molecule has 0 aliphatic heterocycles. The number of alkyl halides is 1. The maximum atomic E-state index is 13.3. The summed E-state index contributed by atoms with van der Waals surface area (Å²) in [6.45, 7) is 5.90. The van der Waals surface area contributed by atoms with Crippen molar-refractivity contribution in [2.45, 2.75) is 37.3 Å². The molecule has 0 radical (unpaired) electrons. The standard InChI is InChI=1S/C20H21IN6O/c1-11(2)27-16(7-13-5-4-6-14(8-21)17(13)19(27)28)12(3)25-18-15(9-22)10-24-20(23)26-18/h4-7,10-12H,8H2,1-3H3,(H3,23,24,25,26)/t12-/m0/s1. The summed E-state index contributed by atoms with van der Waals surface area (Å²) in [6.07, 6.45) is 1.39. The van der Waals surface area contributed by atoms with Crippen LogP contribution in [0.1, 0.15) is 49.7 Å². The largest absolute Gasteiger partial charge is 0.368 e. The molecule has 1 aromatic carbocycles. The van der Waals surface area contributed by atoms with Gasteiger partial charge in [-0.2, -0.15) is 10.2 Å². The van der Waals surface area contributed by atoms with Crippen molar-refractivity contribution in [1.29, 1.82) is 5.26 Å². The summed E-state index contributed by atoms with van der Waals surface area (Å²) in [5, 5.41) is 14.2. The van der Waals surface area contributed by atoms with Gasteiger partial charge in [-0.25, -0.2) is 4.98 Å². The zero-order valence-electron chi connectivity index (χ0n) is 15.9. The fourth-order valence-corrected chi connectivity index (χ4v) is 3.95. The number of nitrogens with one attached hydrogen (secondary N) is 1. The monoisotopic (exact) mass is 488 g/mol. The van der Waals surface area contributed by atoms with E-state index in [-0.39, 0.29) is 23.6 Å². The predicted octanol–water partition coefficient (Wildman–Crippen LogP) is 3.93. The van der Waals surface area contributed by atoms with E-state index in [1.54, 1.807) is 4.57 Å². The van der Waals surface area contributed by atoms with Crippen LogP contribution in [0.4, 0.5) is 11.8 Å². The molecule has 0 amide bonds. The molecule has 0 saturated heterocycles. The van der Waals surface area contributed by atoms with Gasteiger partial charge in [0.05, 0.1) is 17.6 Å². The first-order valence-electron chi connectivity index (χ1n) is 8.89. The highest BCUT2D eigenvalue weighted by molar-refractivity contribution is 14.1. The molecule has 28 heavy (non-hydrogen) atoms. The van der Waals surface area contributed by atoms with Crippen molar-refractivity contribution in [1.82, 2.24) is 14.5 Å². The number of halogens is 1. The topological polar surface area (TPSA) is 110 Å². The van der Waals surface area contributed by atoms with E-state index in [1.165, 1.54) is 6.20 Å². The highest BCUT2D eigenvalue weighted by atomic mass is 127. The van der Waals surface area contributed by atoms with Crippen LogP contribution >= 0.6 is 22.6 Å². The third-order valence-electron chi connectivity index (χ3n) is 4.58. The maximum absolute atomic E-state index is 13.3. The molecule has 2 heterocycles. The Morgan fingerprint density at radius 3 is 2.75 bits per heavy atom. The van der Waals surface area contributed by atoms with Gasteiger partial charge in [-0.1, -0.05) is 40.8 Å². The van der Waals surface area contributed by atoms with Crippen LogP contribution in [0.25, 0.3) is 10.8 Å². The van der Waals surface area contributed by atoms with Gasteiger partial charge in [0.1, 0.15) is 17.5 Å². The molecule has 1 atom stereocenters. The Balaban J connectivity index is 2.17. The number of nitrogens with zero attached hydrogens (tertiary/aromatic N) is 4. The normalized spacial score (nSPS) is 12.1. The molecule has 3 rings (SSSR count). The summed E-state index contributed by atoms with van der Waals surface area (Å²) in [5.41, 5.74) is 7.81. The number of hydrogen-bond donors (Lipinski definition) is 2. The lowest BCUT2D eigenvalue weighted by molar-refractivity contribution is 0.541. The number of anilines is 2. The molecule has 0 fully saturated rings. The van der Waals surface area contributed by atoms with Crippen LogP contribution < -0.4 is 16.6 Å². The van der Waals surface area contributed by atoms with Crippen LogP contribution in [-0.4, -0.2) is 14.5 Å². The molecule has 0 spiro atoms. The SMILES string of the molecule is CC(C)n1c([C@H](C)Nc2nc(N)ncc2C#N)cc2cccc(CI)c2c1=O. The molecular weight excluding hydrogens is 467 g/mol. The first-order valence-corrected chi connectivity index (χ1v) is 10.4. The molecule has 0 aliphatic carbocycles. The van der Waals surface area contributed by atoms with Gasteiger partial charge in [-0.3, -0.25) is 4.79 Å². The minimum absolute atomic E-state index is 0.00822. The van der Waals surface area contributed by atoms with E-state index in [0.717, 1.165) is 26.5 Å². The molecule has 3 N–H and O–H groups in total. The van der Waals surface area contributed by atoms with Crippen molar-refractivity contribution in [2.24, 2.45) is 0 Å². The number of rotatable bonds is 5. The Bertz CT molecular complexity index is 1130. The molecule has 0 aliphatic rings. The van der Waals surface area contributed by atoms with Crippen LogP contribution in [0.5, 0.6) is 0 Å². The summed E-state index contributed by atoms with van der Waals surface area (Å²) < 4.78 is 2.56. The van der Waals surface area contributed by atoms with Crippen LogP contribution in [0.3, 0.4) is 0 Å². The van der Waals surface area contributed by atoms with E-state index in [4.69, 9.17) is 5.73 Å². The van der Waals surface area contributed by atoms with E-state index in [0.29, 0.717) is 11.4 Å². The second kappa shape index (κ2) is 8.14. The van der Waals surface area contributed by atoms with Gasteiger partial charge in [0, 0.05) is 16.2 Å². The number of aromatic nitrogens is 3. The molecule has 8 heteroatoms. The van der Waals surface area contributed by atoms with Gasteiger partial charge >= 0.3 is 0 Å². The minimum atomic E-state index is -0.274. The number of hydrogen-bond acceptors (Lipinski definition) is 6. The van der Waals surface area contributed by atoms with Crippen molar-refractivity contribution in [3.05, 3.63) is 57.6 Å². The average molecular weight is 488 g/mol. The van der Waals surface area contributed by atoms with E-state index in [2.05, 4.69) is 43.9 Å². The smallest absolute Gasteiger partial charge is 0.259 e. The minimum Gasteiger partial charge on any atom is -0.368 e. The van der Waals surface area contributed by atoms with E-state index in [9.17, 15) is 10.1 Å². The summed E-state index contributed by atoms with van der Waals surface area (Å²) in [6, 6.07) is 9.71. The molecule has 144 valence electrons. The average Bonchev–Trinajstić information content (AvgIpc) is 2.67. The molecule has 7 nitrogen and oxygen atoms in total. The Morgan fingerprint density at radius 1 is 1.36 bits per heavy atom. The molecular formula is C20H21IN6O. The van der Waals surface area contributed by atoms with Crippen molar-refractivity contribution in [2.75, 3.05) is 11.1 Å². The fourth-order valence-electron chi connectivity index (χ4n) is 3.31. The summed E-state index contributed by atoms with van der Waals surface area (Å²) in [5.74, 6) is 0.437. The number of benzene rings is 1. The molecule has 0 saturated carbocycles. The van der Waals surface area contributed by atoms with E-state index in [1.807, 2.05) is 45.0 Å². The van der Waals surface area contributed by atoms with Crippen LogP contribution in [-0.2, 0) is 4.43 Å². The third-order valence-corrected chi connectivity index (χ3v) is 5.40. The number of fused-ring (bicyclic) bond motifs is 1. The molecule has 0 bridgehead atoms. The van der Waals surface area contributed by atoms with Gasteiger partial charge in [-0.05, 0) is 37.8 Å². The number of pyridine rings is 1. The summed E-state index contributed by atoms with van der Waals surface area (Å²) in [7, 11) is 0. The summed E-state index contributed by atoms with van der Waals surface area (Å²) >= 11 is 2.28. The lowest BCUT2D eigenvalue weighted by atomic mass is 10.0. The third kappa shape index (κ3) is 3.67. The predicted molar refractivity (Wildman–Crippen MR) is 120 cm³/mol. The van der Waals surface area contributed by atoms with Crippen molar-refractivity contribution < 1.29 is 0 Å². The molecule has 2 aromatic heterocycles. The quantitative estimate of drug-likeness (QED) is 0.416. The van der Waals surface area contributed by atoms with Gasteiger partial charge in [0.2, 0.25) is 5.95 Å². The van der Waals surface area contributed by atoms with E-state index >= 15 is 0 Å². The number of nitriles is 1. The van der Waals surface area contributed by atoms with Gasteiger partial charge in [0.15, 0.2) is 0 Å². The van der Waals surface area contributed by atoms with Gasteiger partial charge in [0.25, 0.3) is 5.56 Å². The lowest BCUT2D eigenvalue weighted by Crippen LogP contribution is -2.29. The molecule has 3 aromatic rings. The molecule has 0 unspecified atom stereocenters. The van der Waals surface area contributed by atoms with Crippen molar-refractivity contribution in [3.63, 3.8) is 0 Å². The van der Waals surface area contributed by atoms with Crippen LogP contribution in [0.2, 0.25) is 0 Å².